The van der Waals surface area contributed by atoms with Crippen molar-refractivity contribution >= 4 is 23.6 Å². The lowest BCUT2D eigenvalue weighted by molar-refractivity contribution is -0.118. The summed E-state index contributed by atoms with van der Waals surface area (Å²) in [4.78, 5) is 23.4. The van der Waals surface area contributed by atoms with E-state index in [0.717, 1.165) is 0 Å². The van der Waals surface area contributed by atoms with Crippen LogP contribution in [0.3, 0.4) is 0 Å². The highest BCUT2D eigenvalue weighted by molar-refractivity contribution is 8.01. The van der Waals surface area contributed by atoms with Gasteiger partial charge in [-0.3, -0.25) is 9.59 Å². The molecule has 0 fully saturated rings. The Labute approximate surface area is 135 Å². The van der Waals surface area contributed by atoms with Gasteiger partial charge < -0.3 is 10.6 Å². The smallest absolute Gasteiger partial charge is 0.251 e. The molecule has 0 aromatic heterocycles. The molecule has 1 rings (SSSR count). The van der Waals surface area contributed by atoms with Gasteiger partial charge in [0.15, 0.2) is 0 Å². The summed E-state index contributed by atoms with van der Waals surface area (Å²) in [7, 11) is 0. The lowest BCUT2D eigenvalue weighted by Crippen LogP contribution is -2.35. The number of nitrogens with one attached hydrogen (secondary N) is 2. The Morgan fingerprint density at radius 1 is 1.18 bits per heavy atom. The summed E-state index contributed by atoms with van der Waals surface area (Å²) in [5.74, 6) is -0.423. The first-order valence-electron chi connectivity index (χ1n) is 7.14. The molecule has 4 nitrogen and oxygen atoms in total. The Kier molecular flexibility index (Phi) is 6.87. The minimum Gasteiger partial charge on any atom is -0.354 e. The third-order valence-electron chi connectivity index (χ3n) is 2.80. The minimum atomic E-state index is -0.403. The number of thioether (sulfide) groups is 1. The van der Waals surface area contributed by atoms with Gasteiger partial charge in [0, 0.05) is 23.4 Å². The van der Waals surface area contributed by atoms with Gasteiger partial charge in [0.1, 0.15) is 5.82 Å². The summed E-state index contributed by atoms with van der Waals surface area (Å²) >= 11 is 1.56. The Balaban J connectivity index is 2.28. The van der Waals surface area contributed by atoms with Crippen LogP contribution >= 0.6 is 11.8 Å². The fourth-order valence-electron chi connectivity index (χ4n) is 1.55. The van der Waals surface area contributed by atoms with Crippen molar-refractivity contribution in [1.29, 1.82) is 0 Å². The zero-order valence-corrected chi connectivity index (χ0v) is 14.3. The summed E-state index contributed by atoms with van der Waals surface area (Å²) in [5.41, 5.74) is 0.776. The van der Waals surface area contributed by atoms with Crippen molar-refractivity contribution in [1.82, 2.24) is 10.6 Å². The highest BCUT2D eigenvalue weighted by atomic mass is 32.2. The molecule has 0 saturated heterocycles. The van der Waals surface area contributed by atoms with Crippen LogP contribution in [0.2, 0.25) is 0 Å². The van der Waals surface area contributed by atoms with Crippen LogP contribution in [-0.2, 0) is 4.79 Å². The normalized spacial score (nSPS) is 11.1. The maximum atomic E-state index is 13.4. The first-order chi connectivity index (χ1) is 10.2. The molecular weight excluding hydrogens is 303 g/mol. The fraction of sp³-hybridized carbons (Fsp3) is 0.500. The molecule has 0 spiro atoms. The Morgan fingerprint density at radius 3 is 2.41 bits per heavy atom. The van der Waals surface area contributed by atoms with E-state index in [9.17, 15) is 14.0 Å². The van der Waals surface area contributed by atoms with E-state index in [-0.39, 0.29) is 22.1 Å². The number of amides is 2. The van der Waals surface area contributed by atoms with Crippen LogP contribution in [0.4, 0.5) is 4.39 Å². The van der Waals surface area contributed by atoms with Crippen LogP contribution in [0.1, 0.15) is 36.7 Å². The van der Waals surface area contributed by atoms with Gasteiger partial charge in [-0.05, 0) is 24.6 Å². The maximum absolute atomic E-state index is 13.4. The van der Waals surface area contributed by atoms with E-state index in [4.69, 9.17) is 0 Å². The number of halogens is 1. The summed E-state index contributed by atoms with van der Waals surface area (Å²) in [6.45, 7) is 8.44. The Hall–Kier alpha value is -1.56. The average molecular weight is 326 g/mol. The predicted octanol–water partition coefficient (Wildman–Crippen LogP) is 2.51. The molecule has 6 heteroatoms. The van der Waals surface area contributed by atoms with Crippen LogP contribution in [0.15, 0.2) is 18.2 Å². The van der Waals surface area contributed by atoms with Crippen molar-refractivity contribution in [3.63, 3.8) is 0 Å². The molecule has 122 valence electrons. The molecule has 22 heavy (non-hydrogen) atoms. The van der Waals surface area contributed by atoms with E-state index >= 15 is 0 Å². The molecule has 0 aliphatic carbocycles. The SMILES string of the molecule is Cc1ccc(C(=O)NCCNC(=O)CSC(C)(C)C)cc1F. The fourth-order valence-corrected chi connectivity index (χ4v) is 2.21. The molecule has 0 radical (unpaired) electrons. The molecule has 1 aromatic carbocycles. The van der Waals surface area contributed by atoms with Crippen LogP contribution in [0.5, 0.6) is 0 Å². The molecule has 0 saturated carbocycles. The van der Waals surface area contributed by atoms with Gasteiger partial charge in [-0.2, -0.15) is 0 Å². The highest BCUT2D eigenvalue weighted by Gasteiger charge is 2.13. The predicted molar refractivity (Wildman–Crippen MR) is 88.7 cm³/mol. The maximum Gasteiger partial charge on any atom is 0.251 e. The number of carbonyl (C=O) groups excluding carboxylic acids is 2. The van der Waals surface area contributed by atoms with Gasteiger partial charge in [-0.1, -0.05) is 26.8 Å². The Morgan fingerprint density at radius 2 is 1.82 bits per heavy atom. The largest absolute Gasteiger partial charge is 0.354 e. The van der Waals surface area contributed by atoms with Crippen molar-refractivity contribution in [3.8, 4) is 0 Å². The first kappa shape index (κ1) is 18.5. The monoisotopic (exact) mass is 326 g/mol. The number of benzene rings is 1. The number of hydrogen-bond donors (Lipinski definition) is 2. The van der Waals surface area contributed by atoms with E-state index in [2.05, 4.69) is 10.6 Å². The van der Waals surface area contributed by atoms with Crippen molar-refractivity contribution in [2.45, 2.75) is 32.4 Å². The zero-order chi connectivity index (χ0) is 16.8. The summed E-state index contributed by atoms with van der Waals surface area (Å²) in [6.07, 6.45) is 0. The second-order valence-electron chi connectivity index (χ2n) is 5.97. The molecule has 0 bridgehead atoms. The van der Waals surface area contributed by atoms with Gasteiger partial charge in [-0.15, -0.1) is 11.8 Å². The summed E-state index contributed by atoms with van der Waals surface area (Å²) in [6, 6.07) is 4.35. The second-order valence-corrected chi connectivity index (χ2v) is 7.77. The number of carbonyl (C=O) groups is 2. The number of rotatable bonds is 6. The molecule has 0 aliphatic heterocycles. The van der Waals surface area contributed by atoms with Crippen LogP contribution in [0, 0.1) is 12.7 Å². The third kappa shape index (κ3) is 6.93. The molecule has 0 atom stereocenters. The minimum absolute atomic E-state index is 0.0427. The van der Waals surface area contributed by atoms with Crippen molar-refractivity contribution in [3.05, 3.63) is 35.1 Å². The number of hydrogen-bond acceptors (Lipinski definition) is 3. The topological polar surface area (TPSA) is 58.2 Å². The van der Waals surface area contributed by atoms with Crippen molar-refractivity contribution in [2.75, 3.05) is 18.8 Å². The lowest BCUT2D eigenvalue weighted by atomic mass is 10.1. The molecule has 2 amide bonds. The third-order valence-corrected chi connectivity index (χ3v) is 4.08. The van der Waals surface area contributed by atoms with Crippen LogP contribution < -0.4 is 10.6 Å². The zero-order valence-electron chi connectivity index (χ0n) is 13.5. The van der Waals surface area contributed by atoms with Gasteiger partial charge in [-0.25, -0.2) is 4.39 Å². The second kappa shape index (κ2) is 8.17. The highest BCUT2D eigenvalue weighted by Crippen LogP contribution is 2.22. The van der Waals surface area contributed by atoms with Gasteiger partial charge >= 0.3 is 0 Å². The van der Waals surface area contributed by atoms with Gasteiger partial charge in [0.05, 0.1) is 5.75 Å². The molecule has 0 heterocycles. The molecule has 2 N–H and O–H groups in total. The molecule has 0 unspecified atom stereocenters. The van der Waals surface area contributed by atoms with E-state index < -0.39 is 5.82 Å². The molecule has 1 aromatic rings. The van der Waals surface area contributed by atoms with Gasteiger partial charge in [0.25, 0.3) is 5.91 Å². The first-order valence-corrected chi connectivity index (χ1v) is 8.12. The van der Waals surface area contributed by atoms with E-state index in [1.165, 1.54) is 6.07 Å². The standard InChI is InChI=1S/C16H23FN2O2S/c1-11-5-6-12(9-13(11)17)15(21)19-8-7-18-14(20)10-22-16(2,3)4/h5-6,9H,7-8,10H2,1-4H3,(H,18,20)(H,19,21). The summed E-state index contributed by atoms with van der Waals surface area (Å²) < 4.78 is 13.4. The van der Waals surface area contributed by atoms with Gasteiger partial charge in [0.2, 0.25) is 5.91 Å². The number of aryl methyl sites for hydroxylation is 1. The van der Waals surface area contributed by atoms with E-state index in [1.54, 1.807) is 30.8 Å². The molecule has 0 aliphatic rings. The van der Waals surface area contributed by atoms with Crippen molar-refractivity contribution in [2.24, 2.45) is 0 Å². The lowest BCUT2D eigenvalue weighted by Gasteiger charge is -2.17. The quantitative estimate of drug-likeness (QED) is 0.790. The van der Waals surface area contributed by atoms with E-state index in [1.807, 2.05) is 20.8 Å². The summed E-state index contributed by atoms with van der Waals surface area (Å²) in [5, 5.41) is 5.38. The van der Waals surface area contributed by atoms with Crippen LogP contribution in [0.25, 0.3) is 0 Å². The van der Waals surface area contributed by atoms with E-state index in [0.29, 0.717) is 24.4 Å². The van der Waals surface area contributed by atoms with Crippen LogP contribution in [-0.4, -0.2) is 35.4 Å². The Bertz CT molecular complexity index is 541. The average Bonchev–Trinajstić information content (AvgIpc) is 2.43. The molecular formula is C16H23FN2O2S. The van der Waals surface area contributed by atoms with Crippen molar-refractivity contribution < 1.29 is 14.0 Å².